The van der Waals surface area contributed by atoms with Crippen LogP contribution in [0.5, 0.6) is 11.5 Å². The molecule has 0 fully saturated rings. The van der Waals surface area contributed by atoms with Gasteiger partial charge in [-0.15, -0.1) is 0 Å². The van der Waals surface area contributed by atoms with E-state index in [1.807, 2.05) is 5.32 Å². The second-order valence-corrected chi connectivity index (χ2v) is 6.47. The van der Waals surface area contributed by atoms with Crippen LogP contribution in [0.2, 0.25) is 5.02 Å². The van der Waals surface area contributed by atoms with Crippen molar-refractivity contribution in [3.63, 3.8) is 0 Å². The van der Waals surface area contributed by atoms with Crippen molar-refractivity contribution in [1.82, 2.24) is 0 Å². The van der Waals surface area contributed by atoms with E-state index in [9.17, 15) is 22.8 Å². The first kappa shape index (κ1) is 23.3. The van der Waals surface area contributed by atoms with Gasteiger partial charge in [-0.05, 0) is 36.2 Å². The van der Waals surface area contributed by atoms with Crippen LogP contribution < -0.4 is 14.8 Å². The van der Waals surface area contributed by atoms with Crippen molar-refractivity contribution in [3.05, 3.63) is 52.5 Å². The van der Waals surface area contributed by atoms with Gasteiger partial charge >= 0.3 is 12.1 Å². The highest BCUT2D eigenvalue weighted by molar-refractivity contribution is 6.34. The lowest BCUT2D eigenvalue weighted by molar-refractivity contribution is -0.147. The van der Waals surface area contributed by atoms with Gasteiger partial charge in [-0.2, -0.15) is 13.2 Å². The fourth-order valence-corrected chi connectivity index (χ4v) is 2.79. The number of methoxy groups -OCH3 is 2. The molecular formula is C20H19ClF3NO5. The molecule has 0 aromatic heterocycles. The second kappa shape index (κ2) is 10.2. The molecule has 0 aliphatic rings. The molecule has 10 heteroatoms. The first-order valence-corrected chi connectivity index (χ1v) is 9.05. The lowest BCUT2D eigenvalue weighted by Gasteiger charge is -2.15. The topological polar surface area (TPSA) is 73.9 Å². The number of halogens is 4. The summed E-state index contributed by atoms with van der Waals surface area (Å²) in [4.78, 5) is 23.8. The van der Waals surface area contributed by atoms with Gasteiger partial charge in [0.05, 0.1) is 30.5 Å². The molecule has 0 unspecified atom stereocenters. The standard InChI is InChI=1S/C20H19ClF3NO5/c1-28-15-8-6-12(10-16(15)29-2)7-9-18(27)30-11-17(26)25-19-13(20(22,23)24)4-3-5-14(19)21/h3-6,8,10H,7,9,11H2,1-2H3,(H,25,26). The number of amides is 1. The van der Waals surface area contributed by atoms with E-state index < -0.39 is 35.9 Å². The normalized spacial score (nSPS) is 11.0. The molecule has 0 bridgehead atoms. The Morgan fingerprint density at radius 3 is 2.40 bits per heavy atom. The Balaban J connectivity index is 1.90. The summed E-state index contributed by atoms with van der Waals surface area (Å²) < 4.78 is 54.3. The van der Waals surface area contributed by atoms with Crippen molar-refractivity contribution >= 4 is 29.2 Å². The molecule has 2 aromatic carbocycles. The highest BCUT2D eigenvalue weighted by Gasteiger charge is 2.34. The monoisotopic (exact) mass is 445 g/mol. The third-order valence-corrected chi connectivity index (χ3v) is 4.33. The van der Waals surface area contributed by atoms with Crippen LogP contribution in [-0.2, 0) is 26.9 Å². The molecule has 2 aromatic rings. The zero-order chi connectivity index (χ0) is 22.3. The van der Waals surface area contributed by atoms with Crippen LogP contribution in [0.25, 0.3) is 0 Å². The number of aryl methyl sites for hydroxylation is 1. The Kier molecular flexibility index (Phi) is 7.93. The lowest BCUT2D eigenvalue weighted by atomic mass is 10.1. The minimum atomic E-state index is -4.70. The molecule has 0 spiro atoms. The number of rotatable bonds is 8. The summed E-state index contributed by atoms with van der Waals surface area (Å²) in [5.74, 6) is -0.579. The highest BCUT2D eigenvalue weighted by atomic mass is 35.5. The van der Waals surface area contributed by atoms with Crippen LogP contribution >= 0.6 is 11.6 Å². The van der Waals surface area contributed by atoms with Gasteiger partial charge in [0, 0.05) is 6.42 Å². The summed E-state index contributed by atoms with van der Waals surface area (Å²) in [7, 11) is 2.98. The van der Waals surface area contributed by atoms with Crippen LogP contribution in [0, 0.1) is 0 Å². The lowest BCUT2D eigenvalue weighted by Crippen LogP contribution is -2.23. The van der Waals surface area contributed by atoms with Crippen molar-refractivity contribution in [2.75, 3.05) is 26.1 Å². The summed E-state index contributed by atoms with van der Waals surface area (Å²) in [6, 6.07) is 8.26. The summed E-state index contributed by atoms with van der Waals surface area (Å²) in [6.07, 6.45) is -4.43. The van der Waals surface area contributed by atoms with Crippen LogP contribution in [0.4, 0.5) is 18.9 Å². The van der Waals surface area contributed by atoms with Crippen LogP contribution in [0.15, 0.2) is 36.4 Å². The number of nitrogens with one attached hydrogen (secondary N) is 1. The van der Waals surface area contributed by atoms with Crippen molar-refractivity contribution in [2.24, 2.45) is 0 Å². The summed E-state index contributed by atoms with van der Waals surface area (Å²) >= 11 is 5.76. The molecule has 0 saturated carbocycles. The fourth-order valence-electron chi connectivity index (χ4n) is 2.56. The molecule has 162 valence electrons. The maximum absolute atomic E-state index is 13.0. The van der Waals surface area contributed by atoms with Crippen molar-refractivity contribution < 1.29 is 37.0 Å². The molecule has 0 aliphatic carbocycles. The number of carbonyl (C=O) groups excluding carboxylic acids is 2. The molecule has 6 nitrogen and oxygen atoms in total. The summed E-state index contributed by atoms with van der Waals surface area (Å²) in [5, 5.41) is 1.76. The van der Waals surface area contributed by atoms with Crippen molar-refractivity contribution in [2.45, 2.75) is 19.0 Å². The number of hydrogen-bond donors (Lipinski definition) is 1. The van der Waals surface area contributed by atoms with Gasteiger partial charge in [-0.3, -0.25) is 9.59 Å². The van der Waals surface area contributed by atoms with Gasteiger partial charge in [0.25, 0.3) is 5.91 Å². The first-order valence-electron chi connectivity index (χ1n) is 8.67. The van der Waals surface area contributed by atoms with Gasteiger partial charge in [-0.1, -0.05) is 23.7 Å². The second-order valence-electron chi connectivity index (χ2n) is 6.06. The Labute approximate surface area is 175 Å². The van der Waals surface area contributed by atoms with Gasteiger partial charge in [0.1, 0.15) is 0 Å². The van der Waals surface area contributed by atoms with E-state index in [2.05, 4.69) is 0 Å². The van der Waals surface area contributed by atoms with E-state index >= 15 is 0 Å². The number of ether oxygens (including phenoxy) is 3. The maximum Gasteiger partial charge on any atom is 0.418 e. The number of hydrogen-bond acceptors (Lipinski definition) is 5. The summed E-state index contributed by atoms with van der Waals surface area (Å²) in [6.45, 7) is -0.743. The number of esters is 1. The van der Waals surface area contributed by atoms with E-state index in [0.717, 1.165) is 17.7 Å². The van der Waals surface area contributed by atoms with Crippen LogP contribution in [-0.4, -0.2) is 32.7 Å². The Morgan fingerprint density at radius 1 is 1.07 bits per heavy atom. The fraction of sp³-hybridized carbons (Fsp3) is 0.300. The Hall–Kier alpha value is -2.94. The zero-order valence-electron chi connectivity index (χ0n) is 16.1. The Morgan fingerprint density at radius 2 is 1.77 bits per heavy atom. The van der Waals surface area contributed by atoms with Gasteiger partial charge in [0.15, 0.2) is 18.1 Å². The van der Waals surface area contributed by atoms with Gasteiger partial charge < -0.3 is 19.5 Å². The number of para-hydroxylation sites is 1. The number of benzene rings is 2. The van der Waals surface area contributed by atoms with E-state index in [0.29, 0.717) is 17.9 Å². The largest absolute Gasteiger partial charge is 0.493 e. The third kappa shape index (κ3) is 6.28. The zero-order valence-corrected chi connectivity index (χ0v) is 16.9. The summed E-state index contributed by atoms with van der Waals surface area (Å²) in [5.41, 5.74) is -0.902. The molecule has 0 heterocycles. The molecule has 1 N–H and O–H groups in total. The maximum atomic E-state index is 13.0. The van der Waals surface area contributed by atoms with Crippen LogP contribution in [0.1, 0.15) is 17.5 Å². The predicted octanol–water partition coefficient (Wildman–Crippen LogP) is 4.49. The minimum Gasteiger partial charge on any atom is -0.493 e. The Bertz CT molecular complexity index is 918. The minimum absolute atomic E-state index is 0.0390. The van der Waals surface area contributed by atoms with E-state index in [1.54, 1.807) is 18.2 Å². The average molecular weight is 446 g/mol. The molecule has 0 saturated heterocycles. The molecule has 2 rings (SSSR count). The molecule has 0 aliphatic heterocycles. The van der Waals surface area contributed by atoms with Crippen LogP contribution in [0.3, 0.4) is 0 Å². The smallest absolute Gasteiger partial charge is 0.418 e. The van der Waals surface area contributed by atoms with Gasteiger partial charge in [-0.25, -0.2) is 0 Å². The predicted molar refractivity (Wildman–Crippen MR) is 104 cm³/mol. The van der Waals surface area contributed by atoms with E-state index in [-0.39, 0.29) is 11.4 Å². The van der Waals surface area contributed by atoms with Crippen molar-refractivity contribution in [3.8, 4) is 11.5 Å². The highest BCUT2D eigenvalue weighted by Crippen LogP contribution is 2.38. The molecule has 0 radical (unpaired) electrons. The number of carbonyl (C=O) groups is 2. The SMILES string of the molecule is COc1ccc(CCC(=O)OCC(=O)Nc2c(Cl)cccc2C(F)(F)F)cc1OC. The number of alkyl halides is 3. The molecular weight excluding hydrogens is 427 g/mol. The van der Waals surface area contributed by atoms with E-state index in [4.69, 9.17) is 25.8 Å². The molecule has 1 amide bonds. The van der Waals surface area contributed by atoms with Crippen molar-refractivity contribution in [1.29, 1.82) is 0 Å². The van der Waals surface area contributed by atoms with E-state index in [1.165, 1.54) is 20.3 Å². The van der Waals surface area contributed by atoms with Gasteiger partial charge in [0.2, 0.25) is 0 Å². The molecule has 0 atom stereocenters. The molecule has 30 heavy (non-hydrogen) atoms. The average Bonchev–Trinajstić information content (AvgIpc) is 2.71. The quantitative estimate of drug-likeness (QED) is 0.606. The third-order valence-electron chi connectivity index (χ3n) is 4.01. The number of anilines is 1. The first-order chi connectivity index (χ1) is 14.2.